The Balaban J connectivity index is 1.84. The number of rotatable bonds is 5. The lowest BCUT2D eigenvalue weighted by molar-refractivity contribution is -0.0670. The first-order valence-electron chi connectivity index (χ1n) is 7.72. The Labute approximate surface area is 135 Å². The number of hydrogen-bond acceptors (Lipinski definition) is 5. The Hall–Kier alpha value is -0.880. The summed E-state index contributed by atoms with van der Waals surface area (Å²) in [7, 11) is 1.71. The van der Waals surface area contributed by atoms with Crippen LogP contribution in [0, 0.1) is 0 Å². The van der Waals surface area contributed by atoms with Crippen LogP contribution in [0.25, 0.3) is 0 Å². The van der Waals surface area contributed by atoms with Gasteiger partial charge < -0.3 is 18.9 Å². The van der Waals surface area contributed by atoms with E-state index in [-0.39, 0.29) is 6.10 Å². The predicted octanol–water partition coefficient (Wildman–Crippen LogP) is 2.73. The van der Waals surface area contributed by atoms with Gasteiger partial charge >= 0.3 is 0 Å². The summed E-state index contributed by atoms with van der Waals surface area (Å²) in [4.78, 5) is 4.52. The number of ether oxygens (including phenoxy) is 4. The van der Waals surface area contributed by atoms with Gasteiger partial charge in [0, 0.05) is 44.6 Å². The molecule has 2 aliphatic heterocycles. The molecular formula is C16H22ClNO4. The zero-order valence-electron chi connectivity index (χ0n) is 13.1. The third kappa shape index (κ3) is 3.08. The highest BCUT2D eigenvalue weighted by molar-refractivity contribution is 6.29. The first-order chi connectivity index (χ1) is 10.6. The molecule has 1 saturated heterocycles. The molecule has 0 radical (unpaired) electrons. The topological polar surface area (TPSA) is 49.8 Å². The molecule has 5 nitrogen and oxygen atoms in total. The molecule has 0 bridgehead atoms. The summed E-state index contributed by atoms with van der Waals surface area (Å²) in [6, 6.07) is 1.80. The monoisotopic (exact) mass is 327 g/mol. The lowest BCUT2D eigenvalue weighted by Gasteiger charge is -2.34. The summed E-state index contributed by atoms with van der Waals surface area (Å²) in [5, 5.41) is 0.435. The van der Waals surface area contributed by atoms with Gasteiger partial charge in [-0.25, -0.2) is 4.98 Å². The normalized spacial score (nSPS) is 25.2. The molecule has 3 heterocycles. The second-order valence-electron chi connectivity index (χ2n) is 5.85. The summed E-state index contributed by atoms with van der Waals surface area (Å²) in [5.74, 6) is 0.813. The molecule has 1 aromatic heterocycles. The highest BCUT2D eigenvalue weighted by Crippen LogP contribution is 2.42. The summed E-state index contributed by atoms with van der Waals surface area (Å²) in [6.07, 6.45) is 2.60. The van der Waals surface area contributed by atoms with E-state index in [1.807, 2.05) is 6.92 Å². The van der Waals surface area contributed by atoms with Gasteiger partial charge in [0.2, 0.25) is 0 Å². The van der Waals surface area contributed by atoms with Crippen LogP contribution in [0.3, 0.4) is 0 Å². The van der Waals surface area contributed by atoms with Crippen LogP contribution in [0.1, 0.15) is 31.0 Å². The first-order valence-corrected chi connectivity index (χ1v) is 8.09. The summed E-state index contributed by atoms with van der Waals surface area (Å²) in [5.41, 5.74) is 1.54. The van der Waals surface area contributed by atoms with Crippen molar-refractivity contribution in [1.29, 1.82) is 0 Å². The molecule has 22 heavy (non-hydrogen) atoms. The largest absolute Gasteiger partial charge is 0.493 e. The van der Waals surface area contributed by atoms with Gasteiger partial charge in [-0.3, -0.25) is 0 Å². The smallest absolute Gasteiger partial charge is 0.136 e. The van der Waals surface area contributed by atoms with Crippen molar-refractivity contribution in [3.05, 3.63) is 22.5 Å². The molecule has 2 aliphatic rings. The molecule has 122 valence electrons. The van der Waals surface area contributed by atoms with E-state index in [2.05, 4.69) is 4.98 Å². The van der Waals surface area contributed by atoms with Gasteiger partial charge in [-0.1, -0.05) is 11.6 Å². The number of pyridine rings is 1. The highest BCUT2D eigenvalue weighted by Gasteiger charge is 2.44. The van der Waals surface area contributed by atoms with Gasteiger partial charge in [0.25, 0.3) is 0 Å². The van der Waals surface area contributed by atoms with Crippen molar-refractivity contribution in [2.45, 2.75) is 37.9 Å². The minimum absolute atomic E-state index is 0.172. The molecule has 3 rings (SSSR count). The maximum atomic E-state index is 6.20. The highest BCUT2D eigenvalue weighted by atomic mass is 35.5. The summed E-state index contributed by atoms with van der Waals surface area (Å²) in [6.45, 7) is 4.50. The van der Waals surface area contributed by atoms with Gasteiger partial charge in [-0.15, -0.1) is 0 Å². The lowest BCUT2D eigenvalue weighted by Crippen LogP contribution is -2.37. The Kier molecular flexibility index (Phi) is 4.88. The molecule has 1 aromatic rings. The van der Waals surface area contributed by atoms with E-state index in [0.29, 0.717) is 31.6 Å². The van der Waals surface area contributed by atoms with Crippen molar-refractivity contribution in [3.63, 3.8) is 0 Å². The molecule has 1 fully saturated rings. The molecule has 0 aliphatic carbocycles. The fraction of sp³-hybridized carbons (Fsp3) is 0.688. The Morgan fingerprint density at radius 1 is 1.45 bits per heavy atom. The van der Waals surface area contributed by atoms with Gasteiger partial charge in [0.05, 0.1) is 31.6 Å². The number of aromatic nitrogens is 1. The van der Waals surface area contributed by atoms with E-state index >= 15 is 0 Å². The number of nitrogens with zero attached hydrogens (tertiary/aromatic N) is 1. The fourth-order valence-corrected chi connectivity index (χ4v) is 3.17. The van der Waals surface area contributed by atoms with Crippen molar-refractivity contribution in [1.82, 2.24) is 4.98 Å². The van der Waals surface area contributed by atoms with Crippen LogP contribution in [0.4, 0.5) is 0 Å². The van der Waals surface area contributed by atoms with E-state index in [0.717, 1.165) is 36.3 Å². The minimum atomic E-state index is -0.448. The fourth-order valence-electron chi connectivity index (χ4n) is 2.98. The lowest BCUT2D eigenvalue weighted by atomic mass is 9.90. The Morgan fingerprint density at radius 2 is 2.32 bits per heavy atom. The van der Waals surface area contributed by atoms with Crippen LogP contribution in [0.5, 0.6) is 5.75 Å². The average Bonchev–Trinajstić information content (AvgIpc) is 2.97. The second-order valence-corrected chi connectivity index (χ2v) is 6.24. The maximum Gasteiger partial charge on any atom is 0.136 e. The molecule has 1 spiro atoms. The van der Waals surface area contributed by atoms with Crippen molar-refractivity contribution >= 4 is 11.6 Å². The third-order valence-electron chi connectivity index (χ3n) is 4.38. The van der Waals surface area contributed by atoms with Gasteiger partial charge in [0.15, 0.2) is 0 Å². The van der Waals surface area contributed by atoms with Crippen LogP contribution >= 0.6 is 11.6 Å². The maximum absolute atomic E-state index is 6.20. The molecule has 6 heteroatoms. The summed E-state index contributed by atoms with van der Waals surface area (Å²) >= 11 is 6.20. The van der Waals surface area contributed by atoms with Crippen LogP contribution in [-0.2, 0) is 26.2 Å². The van der Waals surface area contributed by atoms with Gasteiger partial charge in [0.1, 0.15) is 16.5 Å². The van der Waals surface area contributed by atoms with Crippen LogP contribution in [-0.4, -0.2) is 44.6 Å². The first kappa shape index (κ1) is 16.0. The molecule has 0 aromatic carbocycles. The van der Waals surface area contributed by atoms with E-state index in [1.54, 1.807) is 13.2 Å². The number of methoxy groups -OCH3 is 1. The number of fused-ring (bicyclic) bond motifs is 2. The zero-order valence-corrected chi connectivity index (χ0v) is 13.8. The minimum Gasteiger partial charge on any atom is -0.493 e. The van der Waals surface area contributed by atoms with E-state index in [1.165, 1.54) is 0 Å². The summed E-state index contributed by atoms with van der Waals surface area (Å²) < 4.78 is 22.7. The molecule has 2 atom stereocenters. The van der Waals surface area contributed by atoms with Crippen LogP contribution in [0.2, 0.25) is 5.15 Å². The Morgan fingerprint density at radius 3 is 3.05 bits per heavy atom. The standard InChI is InChI=1S/C16H22ClNO4/c1-11(19-2)3-6-21-13-9-14(17)18-15-12(13)4-7-22-16(15)5-8-20-10-16/h9,11H,3-8,10H2,1-2H3. The Bertz CT molecular complexity index is 531. The van der Waals surface area contributed by atoms with Crippen molar-refractivity contribution < 1.29 is 18.9 Å². The number of hydrogen-bond donors (Lipinski definition) is 0. The average molecular weight is 328 g/mol. The van der Waals surface area contributed by atoms with E-state index in [9.17, 15) is 0 Å². The molecule has 0 saturated carbocycles. The second kappa shape index (κ2) is 6.71. The van der Waals surface area contributed by atoms with Crippen molar-refractivity contribution in [2.75, 3.05) is 33.5 Å². The van der Waals surface area contributed by atoms with Gasteiger partial charge in [-0.2, -0.15) is 0 Å². The van der Waals surface area contributed by atoms with Crippen molar-refractivity contribution in [3.8, 4) is 5.75 Å². The zero-order chi connectivity index (χ0) is 15.6. The van der Waals surface area contributed by atoms with Gasteiger partial charge in [-0.05, 0) is 6.92 Å². The predicted molar refractivity (Wildman–Crippen MR) is 82.6 cm³/mol. The quantitative estimate of drug-likeness (QED) is 0.778. The number of halogens is 1. The van der Waals surface area contributed by atoms with E-state index in [4.69, 9.17) is 30.5 Å². The molecule has 0 N–H and O–H groups in total. The molecular weight excluding hydrogens is 306 g/mol. The van der Waals surface area contributed by atoms with Crippen LogP contribution in [0.15, 0.2) is 6.07 Å². The third-order valence-corrected chi connectivity index (χ3v) is 4.58. The van der Waals surface area contributed by atoms with Crippen molar-refractivity contribution in [2.24, 2.45) is 0 Å². The molecule has 2 unspecified atom stereocenters. The van der Waals surface area contributed by atoms with E-state index < -0.39 is 5.60 Å². The SMILES string of the molecule is COC(C)CCOc1cc(Cl)nc2c1CCOC21CCOC1. The van der Waals surface area contributed by atoms with Crippen LogP contribution < -0.4 is 4.74 Å². The molecule has 0 amide bonds.